The van der Waals surface area contributed by atoms with Crippen LogP contribution in [-0.4, -0.2) is 25.9 Å². The number of hydrogen-bond donors (Lipinski definition) is 3. The lowest BCUT2D eigenvalue weighted by molar-refractivity contribution is 0.320. The van der Waals surface area contributed by atoms with Crippen LogP contribution < -0.4 is 16.2 Å². The number of nitrogens with two attached hydrogens (primary N) is 2. The van der Waals surface area contributed by atoms with E-state index >= 15 is 0 Å². The third-order valence-corrected chi connectivity index (χ3v) is 6.02. The molecule has 144 valence electrons. The molecule has 0 unspecified atom stereocenters. The number of thiazole rings is 1. The Morgan fingerprint density at radius 3 is 2.50 bits per heavy atom. The third-order valence-electron chi connectivity index (χ3n) is 4.12. The Morgan fingerprint density at radius 1 is 1.11 bits per heavy atom. The van der Waals surface area contributed by atoms with Gasteiger partial charge in [-0.2, -0.15) is 0 Å². The largest absolute Gasteiger partial charge is 0.474 e. The van der Waals surface area contributed by atoms with Crippen LogP contribution in [0.5, 0.6) is 0 Å². The Morgan fingerprint density at radius 2 is 1.82 bits per heavy atom. The van der Waals surface area contributed by atoms with Crippen molar-refractivity contribution in [2.45, 2.75) is 10.9 Å². The van der Waals surface area contributed by atoms with Gasteiger partial charge in [-0.1, -0.05) is 41.7 Å². The first-order valence-electron chi connectivity index (χ1n) is 8.32. The number of nitrogens with one attached hydrogen (secondary N) is 1. The van der Waals surface area contributed by atoms with E-state index in [4.69, 9.17) is 15.6 Å². The molecule has 0 saturated carbocycles. The van der Waals surface area contributed by atoms with Crippen molar-refractivity contribution >= 4 is 43.9 Å². The standard InChI is InChI=1S/C18H17N5O3S2/c19-16-15(17-22-14(10-26-17)11-4-2-1-3-5-11)27-18(23-16)21-12-6-8-13(9-7-12)28(20,24)25/h1-9,14H,10,19H2,(H,21,23)(H2,20,24,25)/t14-/m1/s1. The molecule has 3 aromatic rings. The Hall–Kier alpha value is -2.95. The molecule has 0 saturated heterocycles. The molecule has 2 heterocycles. The van der Waals surface area contributed by atoms with Crippen LogP contribution in [0.15, 0.2) is 64.5 Å². The number of nitrogen functional groups attached to an aromatic ring is 1. The number of anilines is 3. The van der Waals surface area contributed by atoms with E-state index in [-0.39, 0.29) is 10.9 Å². The van der Waals surface area contributed by atoms with Gasteiger partial charge in [0.25, 0.3) is 0 Å². The fraction of sp³-hybridized carbons (Fsp3) is 0.111. The topological polar surface area (TPSA) is 133 Å². The number of benzene rings is 2. The van der Waals surface area contributed by atoms with E-state index in [2.05, 4.69) is 15.3 Å². The normalized spacial score (nSPS) is 16.5. The number of aromatic nitrogens is 1. The van der Waals surface area contributed by atoms with E-state index in [1.165, 1.54) is 23.5 Å². The average Bonchev–Trinajstić information content (AvgIpc) is 3.29. The minimum absolute atomic E-state index is 0.0399. The van der Waals surface area contributed by atoms with E-state index < -0.39 is 10.0 Å². The van der Waals surface area contributed by atoms with Crippen molar-refractivity contribution in [1.29, 1.82) is 0 Å². The second-order valence-electron chi connectivity index (χ2n) is 6.10. The summed E-state index contributed by atoms with van der Waals surface area (Å²) in [5, 5.41) is 8.74. The summed E-state index contributed by atoms with van der Waals surface area (Å²) in [5.41, 5.74) is 7.78. The van der Waals surface area contributed by atoms with Crippen LogP contribution in [0.2, 0.25) is 0 Å². The summed E-state index contributed by atoms with van der Waals surface area (Å²) >= 11 is 1.31. The number of rotatable bonds is 5. The summed E-state index contributed by atoms with van der Waals surface area (Å²) in [5.74, 6) is 0.794. The molecule has 0 spiro atoms. The predicted molar refractivity (Wildman–Crippen MR) is 109 cm³/mol. The van der Waals surface area contributed by atoms with Crippen molar-refractivity contribution in [1.82, 2.24) is 4.98 Å². The van der Waals surface area contributed by atoms with E-state index in [1.807, 2.05) is 30.3 Å². The number of primary sulfonamides is 1. The number of sulfonamides is 1. The second-order valence-corrected chi connectivity index (χ2v) is 8.66. The van der Waals surface area contributed by atoms with Gasteiger partial charge in [0, 0.05) is 5.69 Å². The Labute approximate surface area is 165 Å². The summed E-state index contributed by atoms with van der Waals surface area (Å²) in [4.78, 5) is 9.62. The lowest BCUT2D eigenvalue weighted by Gasteiger charge is -2.03. The van der Waals surface area contributed by atoms with Gasteiger partial charge in [-0.3, -0.25) is 0 Å². The molecule has 1 aliphatic heterocycles. The van der Waals surface area contributed by atoms with Crippen molar-refractivity contribution < 1.29 is 13.2 Å². The predicted octanol–water partition coefficient (Wildman–Crippen LogP) is 2.63. The summed E-state index contributed by atoms with van der Waals surface area (Å²) in [6.07, 6.45) is 0. The van der Waals surface area contributed by atoms with Crippen molar-refractivity contribution in [2.24, 2.45) is 10.1 Å². The van der Waals surface area contributed by atoms with Gasteiger partial charge in [0.15, 0.2) is 5.13 Å². The van der Waals surface area contributed by atoms with Crippen molar-refractivity contribution in [3.8, 4) is 0 Å². The zero-order valence-corrected chi connectivity index (χ0v) is 16.2. The molecule has 0 radical (unpaired) electrons. The molecule has 5 N–H and O–H groups in total. The number of ether oxygens (including phenoxy) is 1. The number of nitrogens with zero attached hydrogens (tertiary/aromatic N) is 2. The maximum Gasteiger partial charge on any atom is 0.238 e. The highest BCUT2D eigenvalue weighted by Crippen LogP contribution is 2.33. The average molecular weight is 416 g/mol. The van der Waals surface area contributed by atoms with Crippen LogP contribution >= 0.6 is 11.3 Å². The summed E-state index contributed by atoms with van der Waals surface area (Å²) < 4.78 is 28.4. The SMILES string of the molecule is Nc1nc(Nc2ccc(S(N)(=O)=O)cc2)sc1C1=N[C@@H](c2ccccc2)CO1. The first kappa shape index (κ1) is 18.4. The fourth-order valence-corrected chi connectivity index (χ4v) is 4.10. The van der Waals surface area contributed by atoms with Gasteiger partial charge in [-0.15, -0.1) is 0 Å². The zero-order valence-electron chi connectivity index (χ0n) is 14.6. The van der Waals surface area contributed by atoms with E-state index in [0.29, 0.717) is 34.0 Å². The summed E-state index contributed by atoms with van der Waals surface area (Å²) in [6, 6.07) is 15.9. The summed E-state index contributed by atoms with van der Waals surface area (Å²) in [6.45, 7) is 0.453. The first-order valence-corrected chi connectivity index (χ1v) is 10.7. The van der Waals surface area contributed by atoms with Crippen LogP contribution in [-0.2, 0) is 14.8 Å². The monoisotopic (exact) mass is 415 g/mol. The first-order chi connectivity index (χ1) is 13.4. The molecule has 0 fully saturated rings. The second kappa shape index (κ2) is 7.23. The van der Waals surface area contributed by atoms with Crippen LogP contribution in [0, 0.1) is 0 Å². The zero-order chi connectivity index (χ0) is 19.7. The lowest BCUT2D eigenvalue weighted by Crippen LogP contribution is -2.11. The van der Waals surface area contributed by atoms with Gasteiger partial charge in [0.05, 0.1) is 4.90 Å². The molecule has 8 nitrogen and oxygen atoms in total. The number of hydrogen-bond acceptors (Lipinski definition) is 8. The van der Waals surface area contributed by atoms with Crippen LogP contribution in [0.4, 0.5) is 16.6 Å². The molecular formula is C18H17N5O3S2. The molecule has 1 aromatic heterocycles. The van der Waals surface area contributed by atoms with Crippen molar-refractivity contribution in [3.05, 3.63) is 65.0 Å². The minimum Gasteiger partial charge on any atom is -0.474 e. The van der Waals surface area contributed by atoms with Crippen molar-refractivity contribution in [3.63, 3.8) is 0 Å². The highest BCUT2D eigenvalue weighted by Gasteiger charge is 2.25. The highest BCUT2D eigenvalue weighted by atomic mass is 32.2. The molecule has 0 amide bonds. The third kappa shape index (κ3) is 3.84. The molecule has 10 heteroatoms. The smallest absolute Gasteiger partial charge is 0.238 e. The van der Waals surface area contributed by atoms with Gasteiger partial charge in [-0.25, -0.2) is 23.5 Å². The van der Waals surface area contributed by atoms with Gasteiger partial charge in [0.1, 0.15) is 23.3 Å². The minimum atomic E-state index is -3.73. The Bertz CT molecular complexity index is 1130. The van der Waals surface area contributed by atoms with E-state index in [1.54, 1.807) is 12.1 Å². The Balaban J connectivity index is 1.53. The van der Waals surface area contributed by atoms with Crippen LogP contribution in [0.3, 0.4) is 0 Å². The van der Waals surface area contributed by atoms with E-state index in [0.717, 1.165) is 5.56 Å². The van der Waals surface area contributed by atoms with Crippen LogP contribution in [0.1, 0.15) is 16.5 Å². The highest BCUT2D eigenvalue weighted by molar-refractivity contribution is 7.89. The molecular weight excluding hydrogens is 398 g/mol. The van der Waals surface area contributed by atoms with Gasteiger partial charge >= 0.3 is 0 Å². The maximum absolute atomic E-state index is 11.3. The maximum atomic E-state index is 11.3. The fourth-order valence-electron chi connectivity index (χ4n) is 2.73. The molecule has 0 bridgehead atoms. The molecule has 0 aliphatic carbocycles. The summed E-state index contributed by atoms with van der Waals surface area (Å²) in [7, 11) is -3.73. The van der Waals surface area contributed by atoms with Gasteiger partial charge in [-0.05, 0) is 29.8 Å². The molecule has 4 rings (SSSR count). The number of aliphatic imine (C=N–C) groups is 1. The van der Waals surface area contributed by atoms with Gasteiger partial charge < -0.3 is 15.8 Å². The molecule has 1 atom stereocenters. The molecule has 28 heavy (non-hydrogen) atoms. The molecule has 2 aromatic carbocycles. The van der Waals surface area contributed by atoms with Gasteiger partial charge in [0.2, 0.25) is 15.9 Å². The van der Waals surface area contributed by atoms with Crippen molar-refractivity contribution in [2.75, 3.05) is 17.7 Å². The molecule has 1 aliphatic rings. The van der Waals surface area contributed by atoms with Crippen LogP contribution in [0.25, 0.3) is 0 Å². The van der Waals surface area contributed by atoms with E-state index in [9.17, 15) is 8.42 Å². The quantitative estimate of drug-likeness (QED) is 0.587. The Kier molecular flexibility index (Phi) is 4.75. The lowest BCUT2D eigenvalue weighted by atomic mass is 10.1.